The summed E-state index contributed by atoms with van der Waals surface area (Å²) in [5.74, 6) is -0.0211. The number of nitrogens with zero attached hydrogens (tertiary/aromatic N) is 3. The number of hydrogen-bond donors (Lipinski definition) is 1. The first-order chi connectivity index (χ1) is 15.4. The highest BCUT2D eigenvalue weighted by Crippen LogP contribution is 2.31. The van der Waals surface area contributed by atoms with Crippen LogP contribution in [0.1, 0.15) is 20.9 Å². The zero-order valence-electron chi connectivity index (χ0n) is 18.1. The van der Waals surface area contributed by atoms with E-state index in [1.165, 1.54) is 18.4 Å². The third kappa shape index (κ3) is 4.06. The number of anilines is 1. The fourth-order valence-electron chi connectivity index (χ4n) is 3.57. The molecule has 0 saturated carbocycles. The number of carbonyl (C=O) groups is 2. The number of aromatic nitrogens is 3. The molecule has 3 heterocycles. The zero-order chi connectivity index (χ0) is 22.8. The van der Waals surface area contributed by atoms with Crippen molar-refractivity contribution in [3.05, 3.63) is 58.7 Å². The third-order valence-electron chi connectivity index (χ3n) is 5.02. The number of pyridine rings is 1. The van der Waals surface area contributed by atoms with Crippen molar-refractivity contribution in [3.63, 3.8) is 0 Å². The van der Waals surface area contributed by atoms with Gasteiger partial charge in [-0.2, -0.15) is 5.10 Å². The van der Waals surface area contributed by atoms with Crippen molar-refractivity contribution in [3.8, 4) is 16.9 Å². The third-order valence-corrected chi connectivity index (χ3v) is 5.98. The van der Waals surface area contributed by atoms with Crippen molar-refractivity contribution >= 4 is 39.2 Å². The Morgan fingerprint density at radius 2 is 1.88 bits per heavy atom. The maximum Gasteiger partial charge on any atom is 0.340 e. The molecule has 0 aliphatic heterocycles. The predicted octanol–water partition coefficient (Wildman–Crippen LogP) is 4.21. The first-order valence-electron chi connectivity index (χ1n) is 9.86. The van der Waals surface area contributed by atoms with Crippen LogP contribution in [0.15, 0.2) is 42.6 Å². The van der Waals surface area contributed by atoms with Gasteiger partial charge in [0.1, 0.15) is 17.3 Å². The summed E-state index contributed by atoms with van der Waals surface area (Å²) < 4.78 is 11.6. The summed E-state index contributed by atoms with van der Waals surface area (Å²) in [5, 5.41) is 8.69. The molecule has 3 aromatic heterocycles. The SMILES string of the molecule is COC(=O)c1cc(C)sc1NC(=O)Cn1nc(C)c2c(-c3ccc(OC)cc3)ccnc21. The number of nitrogens with one attached hydrogen (secondary N) is 1. The summed E-state index contributed by atoms with van der Waals surface area (Å²) >= 11 is 1.32. The Hall–Kier alpha value is -3.72. The lowest BCUT2D eigenvalue weighted by Crippen LogP contribution is -2.20. The van der Waals surface area contributed by atoms with Crippen LogP contribution in [-0.2, 0) is 16.1 Å². The van der Waals surface area contributed by atoms with Gasteiger partial charge in [-0.05, 0) is 49.2 Å². The highest BCUT2D eigenvalue weighted by molar-refractivity contribution is 7.16. The maximum atomic E-state index is 12.8. The number of esters is 1. The highest BCUT2D eigenvalue weighted by Gasteiger charge is 2.20. The van der Waals surface area contributed by atoms with Crippen LogP contribution in [0, 0.1) is 13.8 Å². The summed E-state index contributed by atoms with van der Waals surface area (Å²) in [6, 6.07) is 11.4. The monoisotopic (exact) mass is 450 g/mol. The van der Waals surface area contributed by atoms with Gasteiger partial charge in [0.05, 0.1) is 25.5 Å². The van der Waals surface area contributed by atoms with E-state index in [0.29, 0.717) is 16.2 Å². The quantitative estimate of drug-likeness (QED) is 0.442. The van der Waals surface area contributed by atoms with E-state index in [0.717, 1.165) is 32.8 Å². The number of carbonyl (C=O) groups excluding carboxylic acids is 2. The summed E-state index contributed by atoms with van der Waals surface area (Å²) in [5.41, 5.74) is 3.70. The van der Waals surface area contributed by atoms with Gasteiger partial charge < -0.3 is 14.8 Å². The molecule has 0 radical (unpaired) electrons. The number of rotatable bonds is 6. The number of methoxy groups -OCH3 is 2. The topological polar surface area (TPSA) is 95.3 Å². The van der Waals surface area contributed by atoms with Gasteiger partial charge in [-0.25, -0.2) is 14.5 Å². The molecule has 1 amide bonds. The number of fused-ring (bicyclic) bond motifs is 1. The molecule has 8 nitrogen and oxygen atoms in total. The summed E-state index contributed by atoms with van der Waals surface area (Å²) in [4.78, 5) is 30.1. The van der Waals surface area contributed by atoms with Crippen molar-refractivity contribution in [1.29, 1.82) is 0 Å². The molecule has 0 spiro atoms. The lowest BCUT2D eigenvalue weighted by Gasteiger charge is -2.07. The molecule has 0 aliphatic carbocycles. The minimum Gasteiger partial charge on any atom is -0.497 e. The van der Waals surface area contributed by atoms with E-state index in [1.807, 2.05) is 44.2 Å². The largest absolute Gasteiger partial charge is 0.497 e. The van der Waals surface area contributed by atoms with Crippen LogP contribution in [0.5, 0.6) is 5.75 Å². The van der Waals surface area contributed by atoms with Gasteiger partial charge in [0, 0.05) is 16.5 Å². The summed E-state index contributed by atoms with van der Waals surface area (Å²) in [6.45, 7) is 3.71. The van der Waals surface area contributed by atoms with Crippen molar-refractivity contribution in [2.45, 2.75) is 20.4 Å². The molecule has 0 unspecified atom stereocenters. The Kier molecular flexibility index (Phi) is 5.91. The zero-order valence-corrected chi connectivity index (χ0v) is 18.9. The van der Waals surface area contributed by atoms with Gasteiger partial charge in [-0.3, -0.25) is 4.79 Å². The number of benzene rings is 1. The Balaban J connectivity index is 1.63. The molecular formula is C23H22N4O4S. The van der Waals surface area contributed by atoms with E-state index in [1.54, 1.807) is 24.1 Å². The molecule has 4 rings (SSSR count). The lowest BCUT2D eigenvalue weighted by molar-refractivity contribution is -0.116. The molecule has 164 valence electrons. The van der Waals surface area contributed by atoms with Crippen molar-refractivity contribution in [2.75, 3.05) is 19.5 Å². The average Bonchev–Trinajstić information content (AvgIpc) is 3.32. The molecule has 1 N–H and O–H groups in total. The van der Waals surface area contributed by atoms with Crippen LogP contribution in [0.3, 0.4) is 0 Å². The van der Waals surface area contributed by atoms with Gasteiger partial charge in [0.25, 0.3) is 0 Å². The Morgan fingerprint density at radius 1 is 1.12 bits per heavy atom. The first-order valence-corrected chi connectivity index (χ1v) is 10.7. The molecule has 0 atom stereocenters. The van der Waals surface area contributed by atoms with Crippen molar-refractivity contribution < 1.29 is 19.1 Å². The lowest BCUT2D eigenvalue weighted by atomic mass is 10.0. The van der Waals surface area contributed by atoms with Gasteiger partial charge >= 0.3 is 5.97 Å². The second kappa shape index (κ2) is 8.80. The van der Waals surface area contributed by atoms with E-state index in [-0.39, 0.29) is 12.5 Å². The van der Waals surface area contributed by atoms with E-state index >= 15 is 0 Å². The molecule has 1 aromatic carbocycles. The van der Waals surface area contributed by atoms with Crippen LogP contribution in [0.4, 0.5) is 5.00 Å². The molecular weight excluding hydrogens is 428 g/mol. The van der Waals surface area contributed by atoms with E-state index < -0.39 is 5.97 Å². The fourth-order valence-corrected chi connectivity index (χ4v) is 4.49. The second-order valence-electron chi connectivity index (χ2n) is 7.17. The predicted molar refractivity (Wildman–Crippen MR) is 123 cm³/mol. The highest BCUT2D eigenvalue weighted by atomic mass is 32.1. The molecule has 0 saturated heterocycles. The number of aryl methyl sites for hydroxylation is 2. The smallest absolute Gasteiger partial charge is 0.340 e. The number of ether oxygens (including phenoxy) is 2. The minimum atomic E-state index is -0.490. The molecule has 0 bridgehead atoms. The molecule has 0 fully saturated rings. The fraction of sp³-hybridized carbons (Fsp3) is 0.217. The Bertz CT molecular complexity index is 1310. The second-order valence-corrected chi connectivity index (χ2v) is 8.42. The number of hydrogen-bond acceptors (Lipinski definition) is 7. The summed E-state index contributed by atoms with van der Waals surface area (Å²) in [6.07, 6.45) is 1.70. The van der Waals surface area contributed by atoms with Crippen LogP contribution in [0.2, 0.25) is 0 Å². The first kappa shape index (κ1) is 21.5. The average molecular weight is 451 g/mol. The van der Waals surface area contributed by atoms with E-state index in [2.05, 4.69) is 15.4 Å². The van der Waals surface area contributed by atoms with Gasteiger partial charge in [0.2, 0.25) is 5.91 Å². The number of thiophene rings is 1. The normalized spacial score (nSPS) is 10.9. The molecule has 0 aliphatic rings. The summed E-state index contributed by atoms with van der Waals surface area (Å²) in [7, 11) is 2.94. The minimum absolute atomic E-state index is 0.0407. The van der Waals surface area contributed by atoms with Gasteiger partial charge in [-0.1, -0.05) is 12.1 Å². The van der Waals surface area contributed by atoms with E-state index in [4.69, 9.17) is 9.47 Å². The maximum absolute atomic E-state index is 12.8. The Morgan fingerprint density at radius 3 is 2.56 bits per heavy atom. The van der Waals surface area contributed by atoms with Gasteiger partial charge in [-0.15, -0.1) is 11.3 Å². The van der Waals surface area contributed by atoms with E-state index in [9.17, 15) is 9.59 Å². The van der Waals surface area contributed by atoms with Crippen molar-refractivity contribution in [2.24, 2.45) is 0 Å². The van der Waals surface area contributed by atoms with Crippen LogP contribution in [-0.4, -0.2) is 40.9 Å². The molecule has 4 aromatic rings. The molecule has 32 heavy (non-hydrogen) atoms. The Labute approximate surface area is 188 Å². The van der Waals surface area contributed by atoms with Crippen LogP contribution in [0.25, 0.3) is 22.2 Å². The van der Waals surface area contributed by atoms with Gasteiger partial charge in [0.15, 0.2) is 5.65 Å². The van der Waals surface area contributed by atoms with Crippen LogP contribution < -0.4 is 10.1 Å². The molecule has 9 heteroatoms. The standard InChI is InChI=1S/C23H22N4O4S/c1-13-11-18(23(29)31-4)22(32-13)25-19(28)12-27-21-20(14(2)26-27)17(9-10-24-21)15-5-7-16(30-3)8-6-15/h5-11H,12H2,1-4H3,(H,25,28). The van der Waals surface area contributed by atoms with Crippen LogP contribution >= 0.6 is 11.3 Å². The van der Waals surface area contributed by atoms with Crippen molar-refractivity contribution in [1.82, 2.24) is 14.8 Å². The number of amides is 1.